The first-order valence-corrected chi connectivity index (χ1v) is 8.04. The molecular formula is C17H33NO. The van der Waals surface area contributed by atoms with Gasteiger partial charge in [0.05, 0.1) is 5.60 Å². The third-order valence-corrected chi connectivity index (χ3v) is 4.22. The van der Waals surface area contributed by atoms with Crippen molar-refractivity contribution in [2.45, 2.75) is 83.8 Å². The van der Waals surface area contributed by atoms with Crippen LogP contribution in [0.15, 0.2) is 11.6 Å². The molecule has 0 saturated carbocycles. The highest BCUT2D eigenvalue weighted by atomic mass is 16.5. The molecule has 2 nitrogen and oxygen atoms in total. The molecule has 0 spiro atoms. The minimum absolute atomic E-state index is 0.00703. The van der Waals surface area contributed by atoms with E-state index in [2.05, 4.69) is 32.2 Å². The Labute approximate surface area is 120 Å². The zero-order valence-electron chi connectivity index (χ0n) is 13.4. The van der Waals surface area contributed by atoms with Gasteiger partial charge in [-0.15, -0.1) is 0 Å². The lowest BCUT2D eigenvalue weighted by atomic mass is 9.90. The van der Waals surface area contributed by atoms with Gasteiger partial charge in [0.15, 0.2) is 0 Å². The maximum atomic E-state index is 5.54. The molecule has 0 aromatic rings. The van der Waals surface area contributed by atoms with Crippen molar-refractivity contribution < 1.29 is 4.74 Å². The first-order valence-electron chi connectivity index (χ1n) is 8.04. The molecule has 0 aliphatic heterocycles. The van der Waals surface area contributed by atoms with Crippen LogP contribution in [0.2, 0.25) is 0 Å². The number of hydrogen-bond acceptors (Lipinski definition) is 2. The normalized spacial score (nSPS) is 18.2. The summed E-state index contributed by atoms with van der Waals surface area (Å²) in [4.78, 5) is 0. The Morgan fingerprint density at radius 2 is 2.16 bits per heavy atom. The summed E-state index contributed by atoms with van der Waals surface area (Å²) in [6, 6.07) is 0.624. The van der Waals surface area contributed by atoms with Crippen molar-refractivity contribution in [1.29, 1.82) is 0 Å². The zero-order valence-corrected chi connectivity index (χ0v) is 13.4. The molecule has 19 heavy (non-hydrogen) atoms. The highest BCUT2D eigenvalue weighted by Crippen LogP contribution is 2.24. The van der Waals surface area contributed by atoms with Crippen molar-refractivity contribution in [2.75, 3.05) is 13.7 Å². The molecule has 0 fully saturated rings. The van der Waals surface area contributed by atoms with Crippen molar-refractivity contribution >= 4 is 0 Å². The predicted octanol–water partition coefficient (Wildman–Crippen LogP) is 4.45. The minimum atomic E-state index is 0.00703. The Kier molecular flexibility index (Phi) is 7.70. The van der Waals surface area contributed by atoms with Crippen molar-refractivity contribution in [3.05, 3.63) is 11.6 Å². The van der Waals surface area contributed by atoms with E-state index in [1.165, 1.54) is 44.9 Å². The molecule has 1 atom stereocenters. The van der Waals surface area contributed by atoms with Crippen LogP contribution in [0, 0.1) is 0 Å². The van der Waals surface area contributed by atoms with Gasteiger partial charge in [0, 0.05) is 13.2 Å². The van der Waals surface area contributed by atoms with Gasteiger partial charge >= 0.3 is 0 Å². The van der Waals surface area contributed by atoms with E-state index < -0.39 is 0 Å². The average molecular weight is 267 g/mol. The first-order chi connectivity index (χ1) is 9.07. The van der Waals surface area contributed by atoms with Crippen LogP contribution in [0.4, 0.5) is 0 Å². The third kappa shape index (κ3) is 7.12. The standard InChI is InChI=1S/C17H33NO/c1-5-13-18-16(11-12-17(2,3)19-4)14-15-9-7-6-8-10-15/h9,16,18H,5-8,10-14H2,1-4H3. The van der Waals surface area contributed by atoms with E-state index in [9.17, 15) is 0 Å². The molecule has 1 unspecified atom stereocenters. The van der Waals surface area contributed by atoms with Gasteiger partial charge in [-0.05, 0) is 71.8 Å². The lowest BCUT2D eigenvalue weighted by Gasteiger charge is -2.27. The lowest BCUT2D eigenvalue weighted by molar-refractivity contribution is 0.0117. The van der Waals surface area contributed by atoms with E-state index in [4.69, 9.17) is 4.74 Å². The van der Waals surface area contributed by atoms with Crippen molar-refractivity contribution in [3.63, 3.8) is 0 Å². The Balaban J connectivity index is 2.43. The van der Waals surface area contributed by atoms with Gasteiger partial charge in [-0.1, -0.05) is 18.6 Å². The van der Waals surface area contributed by atoms with Crippen LogP contribution in [0.3, 0.4) is 0 Å². The molecular weight excluding hydrogens is 234 g/mol. The van der Waals surface area contributed by atoms with Crippen LogP contribution in [0.25, 0.3) is 0 Å². The fourth-order valence-corrected chi connectivity index (χ4v) is 2.66. The maximum Gasteiger partial charge on any atom is 0.0623 e. The summed E-state index contributed by atoms with van der Waals surface area (Å²) in [7, 11) is 1.82. The summed E-state index contributed by atoms with van der Waals surface area (Å²) < 4.78 is 5.54. The predicted molar refractivity (Wildman–Crippen MR) is 83.6 cm³/mol. The second-order valence-corrected chi connectivity index (χ2v) is 6.47. The zero-order chi connectivity index (χ0) is 14.1. The number of methoxy groups -OCH3 is 1. The molecule has 0 radical (unpaired) electrons. The first kappa shape index (κ1) is 16.7. The van der Waals surface area contributed by atoms with Gasteiger partial charge in [-0.3, -0.25) is 0 Å². The summed E-state index contributed by atoms with van der Waals surface area (Å²) in [5, 5.41) is 3.72. The number of nitrogens with one attached hydrogen (secondary N) is 1. The molecule has 0 saturated heterocycles. The Bertz CT molecular complexity index is 270. The van der Waals surface area contributed by atoms with E-state index in [1.807, 2.05) is 7.11 Å². The molecule has 0 amide bonds. The second kappa shape index (κ2) is 8.76. The fourth-order valence-electron chi connectivity index (χ4n) is 2.66. The highest BCUT2D eigenvalue weighted by Gasteiger charge is 2.20. The summed E-state index contributed by atoms with van der Waals surface area (Å²) in [6.07, 6.45) is 12.6. The average Bonchev–Trinajstić information content (AvgIpc) is 2.43. The van der Waals surface area contributed by atoms with Gasteiger partial charge in [-0.2, -0.15) is 0 Å². The molecule has 1 aliphatic carbocycles. The number of rotatable bonds is 9. The topological polar surface area (TPSA) is 21.3 Å². The van der Waals surface area contributed by atoms with E-state index in [0.717, 1.165) is 13.0 Å². The summed E-state index contributed by atoms with van der Waals surface area (Å²) in [6.45, 7) is 7.74. The van der Waals surface area contributed by atoms with Gasteiger partial charge in [0.2, 0.25) is 0 Å². The maximum absolute atomic E-state index is 5.54. The van der Waals surface area contributed by atoms with Gasteiger partial charge in [-0.25, -0.2) is 0 Å². The van der Waals surface area contributed by atoms with Crippen LogP contribution < -0.4 is 5.32 Å². The van der Waals surface area contributed by atoms with Crippen LogP contribution >= 0.6 is 0 Å². The molecule has 0 bridgehead atoms. The van der Waals surface area contributed by atoms with E-state index >= 15 is 0 Å². The van der Waals surface area contributed by atoms with Crippen molar-refractivity contribution in [1.82, 2.24) is 5.32 Å². The Morgan fingerprint density at radius 3 is 2.74 bits per heavy atom. The van der Waals surface area contributed by atoms with Gasteiger partial charge in [0.1, 0.15) is 0 Å². The fraction of sp³-hybridized carbons (Fsp3) is 0.882. The van der Waals surface area contributed by atoms with Crippen LogP contribution in [0.1, 0.15) is 72.1 Å². The monoisotopic (exact) mass is 267 g/mol. The Hall–Kier alpha value is -0.340. The SMILES string of the molecule is CCCNC(CCC(C)(C)OC)CC1=CCCCC1. The van der Waals surface area contributed by atoms with E-state index in [1.54, 1.807) is 5.57 Å². The van der Waals surface area contributed by atoms with Crippen LogP contribution in [-0.4, -0.2) is 25.3 Å². The molecule has 0 aromatic heterocycles. The molecule has 1 N–H and O–H groups in total. The molecule has 0 heterocycles. The number of ether oxygens (including phenoxy) is 1. The van der Waals surface area contributed by atoms with Gasteiger partial charge < -0.3 is 10.1 Å². The summed E-state index contributed by atoms with van der Waals surface area (Å²) >= 11 is 0. The molecule has 2 heteroatoms. The lowest BCUT2D eigenvalue weighted by Crippen LogP contribution is -2.33. The molecule has 0 aromatic carbocycles. The molecule has 1 aliphatic rings. The largest absolute Gasteiger partial charge is 0.379 e. The highest BCUT2D eigenvalue weighted by molar-refractivity contribution is 5.07. The summed E-state index contributed by atoms with van der Waals surface area (Å²) in [5.41, 5.74) is 1.68. The summed E-state index contributed by atoms with van der Waals surface area (Å²) in [5.74, 6) is 0. The smallest absolute Gasteiger partial charge is 0.0623 e. The van der Waals surface area contributed by atoms with Crippen LogP contribution in [-0.2, 0) is 4.74 Å². The quantitative estimate of drug-likeness (QED) is 0.623. The molecule has 1 rings (SSSR count). The second-order valence-electron chi connectivity index (χ2n) is 6.47. The number of allylic oxidation sites excluding steroid dienone is 1. The minimum Gasteiger partial charge on any atom is -0.379 e. The van der Waals surface area contributed by atoms with Crippen molar-refractivity contribution in [2.24, 2.45) is 0 Å². The third-order valence-electron chi connectivity index (χ3n) is 4.22. The van der Waals surface area contributed by atoms with Crippen LogP contribution in [0.5, 0.6) is 0 Å². The van der Waals surface area contributed by atoms with E-state index in [-0.39, 0.29) is 5.60 Å². The molecule has 112 valence electrons. The number of hydrogen-bond donors (Lipinski definition) is 1. The van der Waals surface area contributed by atoms with E-state index in [0.29, 0.717) is 6.04 Å². The Morgan fingerprint density at radius 1 is 1.37 bits per heavy atom. The van der Waals surface area contributed by atoms with Gasteiger partial charge in [0.25, 0.3) is 0 Å². The van der Waals surface area contributed by atoms with Crippen molar-refractivity contribution in [3.8, 4) is 0 Å².